The molecule has 1 aromatic rings. The number of amides is 1. The Balaban J connectivity index is 1.84. The molecule has 0 bridgehead atoms. The van der Waals surface area contributed by atoms with Crippen LogP contribution in [0.25, 0.3) is 0 Å². The van der Waals surface area contributed by atoms with Gasteiger partial charge in [0.25, 0.3) is 5.91 Å². The van der Waals surface area contributed by atoms with Crippen LogP contribution in [0.5, 0.6) is 5.75 Å². The van der Waals surface area contributed by atoms with E-state index in [9.17, 15) is 4.79 Å². The minimum Gasteiger partial charge on any atom is -0.494 e. The predicted molar refractivity (Wildman–Crippen MR) is 83.8 cm³/mol. The van der Waals surface area contributed by atoms with Crippen molar-refractivity contribution in [3.8, 4) is 5.75 Å². The molecule has 0 spiro atoms. The molecule has 0 N–H and O–H groups in total. The molecule has 2 aliphatic rings. The van der Waals surface area contributed by atoms with Crippen molar-refractivity contribution in [3.63, 3.8) is 0 Å². The van der Waals surface area contributed by atoms with Crippen molar-refractivity contribution in [2.75, 3.05) is 19.4 Å². The fourth-order valence-electron chi connectivity index (χ4n) is 2.57. The average Bonchev–Trinajstić information content (AvgIpc) is 2.98. The van der Waals surface area contributed by atoms with Crippen molar-refractivity contribution in [1.29, 1.82) is 0 Å². The minimum atomic E-state index is -0.103. The molecule has 0 radical (unpaired) electrons. The third-order valence-corrected chi connectivity index (χ3v) is 5.41. The van der Waals surface area contributed by atoms with Crippen LogP contribution in [-0.4, -0.2) is 46.3 Å². The lowest BCUT2D eigenvalue weighted by molar-refractivity contribution is -0.126. The van der Waals surface area contributed by atoms with Gasteiger partial charge in [-0.2, -0.15) is 0 Å². The van der Waals surface area contributed by atoms with Gasteiger partial charge in [-0.3, -0.25) is 9.69 Å². The quantitative estimate of drug-likeness (QED) is 0.800. The molecular weight excluding hydrogens is 292 g/mol. The molecule has 2 fully saturated rings. The van der Waals surface area contributed by atoms with E-state index in [-0.39, 0.29) is 17.3 Å². The first-order chi connectivity index (χ1) is 9.63. The Morgan fingerprint density at radius 2 is 2.10 bits per heavy atom. The fourth-order valence-corrected chi connectivity index (χ4v) is 4.39. The summed E-state index contributed by atoms with van der Waals surface area (Å²) in [5, 5.41) is 0.751. The van der Waals surface area contributed by atoms with Gasteiger partial charge in [0.2, 0.25) is 0 Å². The summed E-state index contributed by atoms with van der Waals surface area (Å²) in [6, 6.07) is 7.94. The molecule has 0 aromatic heterocycles. The Labute approximate surface area is 128 Å². The summed E-state index contributed by atoms with van der Waals surface area (Å²) in [6.45, 7) is 2.63. The zero-order valence-corrected chi connectivity index (χ0v) is 13.0. The fraction of sp³-hybridized carbons (Fsp3) is 0.429. The zero-order valence-electron chi connectivity index (χ0n) is 11.4. The van der Waals surface area contributed by atoms with Crippen LogP contribution in [0.2, 0.25) is 0 Å². The second-order valence-electron chi connectivity index (χ2n) is 4.79. The number of thiocarbonyl (C=S) groups is 1. The third-order valence-electron chi connectivity index (χ3n) is 3.60. The number of benzene rings is 1. The van der Waals surface area contributed by atoms with Crippen LogP contribution < -0.4 is 4.74 Å². The molecule has 0 unspecified atom stereocenters. The van der Waals surface area contributed by atoms with E-state index in [2.05, 4.69) is 17.0 Å². The molecular formula is C14H16N2O2S2. The van der Waals surface area contributed by atoms with Crippen molar-refractivity contribution in [3.05, 3.63) is 29.8 Å². The van der Waals surface area contributed by atoms with Gasteiger partial charge < -0.3 is 9.64 Å². The number of hydrogen-bond donors (Lipinski definition) is 0. The molecule has 20 heavy (non-hydrogen) atoms. The van der Waals surface area contributed by atoms with Gasteiger partial charge in [-0.1, -0.05) is 12.1 Å². The molecule has 2 saturated heterocycles. The number of fused-ring (bicyclic) bond motifs is 1. The Morgan fingerprint density at radius 1 is 1.40 bits per heavy atom. The first kappa shape index (κ1) is 13.7. The summed E-state index contributed by atoms with van der Waals surface area (Å²) >= 11 is 7.16. The second-order valence-corrected chi connectivity index (χ2v) is 6.27. The molecule has 3 rings (SSSR count). The Kier molecular flexibility index (Phi) is 3.60. The number of thioether (sulfide) groups is 1. The Bertz CT molecular complexity index is 547. The predicted octanol–water partition coefficient (Wildman–Crippen LogP) is 2.26. The highest BCUT2D eigenvalue weighted by atomic mass is 32.2. The maximum Gasteiger partial charge on any atom is 0.252 e. The van der Waals surface area contributed by atoms with Crippen LogP contribution in [-0.2, 0) is 4.79 Å². The van der Waals surface area contributed by atoms with Gasteiger partial charge in [0.05, 0.1) is 6.61 Å². The number of ether oxygens (including phenoxy) is 1. The van der Waals surface area contributed by atoms with Crippen LogP contribution in [0.15, 0.2) is 24.3 Å². The summed E-state index contributed by atoms with van der Waals surface area (Å²) in [4.78, 5) is 15.7. The number of carbonyl (C=O) groups is 1. The van der Waals surface area contributed by atoms with Gasteiger partial charge in [0.15, 0.2) is 5.11 Å². The molecule has 1 amide bonds. The molecule has 6 heteroatoms. The topological polar surface area (TPSA) is 32.8 Å². The molecule has 0 saturated carbocycles. The van der Waals surface area contributed by atoms with Crippen molar-refractivity contribution >= 4 is 35.0 Å². The monoisotopic (exact) mass is 308 g/mol. The van der Waals surface area contributed by atoms with Crippen LogP contribution in [0.3, 0.4) is 0 Å². The average molecular weight is 308 g/mol. The highest BCUT2D eigenvalue weighted by Crippen LogP contribution is 2.45. The summed E-state index contributed by atoms with van der Waals surface area (Å²) in [7, 11) is 1.75. The number of hydrogen-bond acceptors (Lipinski definition) is 4. The lowest BCUT2D eigenvalue weighted by Gasteiger charge is -2.24. The highest BCUT2D eigenvalue weighted by molar-refractivity contribution is 7.99. The molecule has 2 atom stereocenters. The largest absolute Gasteiger partial charge is 0.494 e. The zero-order chi connectivity index (χ0) is 14.3. The van der Waals surface area contributed by atoms with E-state index in [4.69, 9.17) is 17.0 Å². The third kappa shape index (κ3) is 2.07. The lowest BCUT2D eigenvalue weighted by Crippen LogP contribution is -2.32. The van der Waals surface area contributed by atoms with Crippen LogP contribution in [0.1, 0.15) is 17.9 Å². The van der Waals surface area contributed by atoms with Gasteiger partial charge in [0, 0.05) is 12.8 Å². The lowest BCUT2D eigenvalue weighted by atomic mass is 10.2. The smallest absolute Gasteiger partial charge is 0.252 e. The molecule has 106 valence electrons. The first-order valence-corrected chi connectivity index (χ1v) is 8.03. The highest BCUT2D eigenvalue weighted by Gasteiger charge is 2.48. The maximum atomic E-state index is 12.1. The first-order valence-electron chi connectivity index (χ1n) is 6.57. The minimum absolute atomic E-state index is 0.103. The van der Waals surface area contributed by atoms with Crippen LogP contribution in [0.4, 0.5) is 0 Å². The molecule has 2 heterocycles. The summed E-state index contributed by atoms with van der Waals surface area (Å²) < 4.78 is 5.46. The van der Waals surface area contributed by atoms with Crippen molar-refractivity contribution in [2.45, 2.75) is 18.3 Å². The summed E-state index contributed by atoms with van der Waals surface area (Å²) in [5.74, 6) is 1.77. The van der Waals surface area contributed by atoms with E-state index >= 15 is 0 Å². The van der Waals surface area contributed by atoms with E-state index in [1.54, 1.807) is 23.7 Å². The van der Waals surface area contributed by atoms with E-state index in [0.717, 1.165) is 17.1 Å². The summed E-state index contributed by atoms with van der Waals surface area (Å²) in [5.41, 5.74) is 1.16. The van der Waals surface area contributed by atoms with E-state index in [1.807, 2.05) is 19.1 Å². The van der Waals surface area contributed by atoms with Crippen molar-refractivity contribution in [2.24, 2.45) is 0 Å². The van der Waals surface area contributed by atoms with Gasteiger partial charge in [0.1, 0.15) is 17.2 Å². The van der Waals surface area contributed by atoms with Gasteiger partial charge in [-0.05, 0) is 36.8 Å². The van der Waals surface area contributed by atoms with E-state index in [1.165, 1.54) is 0 Å². The van der Waals surface area contributed by atoms with E-state index < -0.39 is 0 Å². The number of nitrogens with zero attached hydrogens (tertiary/aromatic N) is 2. The van der Waals surface area contributed by atoms with E-state index in [0.29, 0.717) is 11.7 Å². The maximum absolute atomic E-state index is 12.1. The Morgan fingerprint density at radius 3 is 2.75 bits per heavy atom. The molecule has 1 aromatic carbocycles. The van der Waals surface area contributed by atoms with Crippen LogP contribution in [0, 0.1) is 0 Å². The van der Waals surface area contributed by atoms with Crippen LogP contribution >= 0.6 is 24.0 Å². The van der Waals surface area contributed by atoms with Gasteiger partial charge in [-0.25, -0.2) is 0 Å². The summed E-state index contributed by atoms with van der Waals surface area (Å²) in [6.07, 6.45) is 0. The second kappa shape index (κ2) is 5.26. The standard InChI is InChI=1S/C14H16N2O2S2/c1-3-18-10-6-4-9(5-7-10)13-16-11(8-20-13)12(17)15(2)14(16)19/h4-7,11,13H,3,8H2,1-2H3/t11-,13-/m0/s1. The van der Waals surface area contributed by atoms with Gasteiger partial charge in [-0.15, -0.1) is 11.8 Å². The van der Waals surface area contributed by atoms with Crippen molar-refractivity contribution in [1.82, 2.24) is 9.80 Å². The number of carbonyl (C=O) groups excluding carboxylic acids is 1. The van der Waals surface area contributed by atoms with Gasteiger partial charge >= 0.3 is 0 Å². The number of likely N-dealkylation sites (N-methyl/N-ethyl adjacent to an activating group) is 1. The number of rotatable bonds is 3. The molecule has 4 nitrogen and oxygen atoms in total. The Hall–Kier alpha value is -1.27. The molecule has 2 aliphatic heterocycles. The van der Waals surface area contributed by atoms with Crippen molar-refractivity contribution < 1.29 is 9.53 Å². The molecule has 0 aliphatic carbocycles. The normalized spacial score (nSPS) is 25.3. The SMILES string of the molecule is CCOc1ccc([C@@H]2SC[C@H]3C(=O)N(C)C(=S)N32)cc1.